The van der Waals surface area contributed by atoms with Crippen LogP contribution in [0.5, 0.6) is 0 Å². The summed E-state index contributed by atoms with van der Waals surface area (Å²) in [5.74, 6) is 0.368. The first kappa shape index (κ1) is 14.8. The van der Waals surface area contributed by atoms with Crippen LogP contribution in [0.2, 0.25) is 0 Å². The number of pyridine rings is 1. The van der Waals surface area contributed by atoms with Crippen molar-refractivity contribution in [1.29, 1.82) is 0 Å². The molecule has 0 radical (unpaired) electrons. The molecule has 7 heteroatoms. The van der Waals surface area contributed by atoms with Gasteiger partial charge >= 0.3 is 0 Å². The Kier molecular flexibility index (Phi) is 3.15. The van der Waals surface area contributed by atoms with Crippen LogP contribution in [0.3, 0.4) is 0 Å². The number of hydrogen-bond acceptors (Lipinski definition) is 5. The Labute approximate surface area is 148 Å². The summed E-state index contributed by atoms with van der Waals surface area (Å²) in [5, 5.41) is 5.50. The lowest BCUT2D eigenvalue weighted by Crippen LogP contribution is -2.11. The summed E-state index contributed by atoms with van der Waals surface area (Å²) in [5.41, 5.74) is 10.7. The molecule has 1 aliphatic rings. The number of nitrogen functional groups attached to an aromatic ring is 1. The fourth-order valence-electron chi connectivity index (χ4n) is 3.75. The largest absolute Gasteiger partial charge is 0.383 e. The van der Waals surface area contributed by atoms with Crippen molar-refractivity contribution >= 4 is 16.9 Å². The van der Waals surface area contributed by atoms with Crippen LogP contribution in [0.1, 0.15) is 17.2 Å². The van der Waals surface area contributed by atoms with E-state index in [1.165, 1.54) is 23.5 Å². The average Bonchev–Trinajstić information content (AvgIpc) is 3.23. The first-order valence-electron chi connectivity index (χ1n) is 8.45. The molecule has 0 saturated carbocycles. The Bertz CT molecular complexity index is 1170. The maximum atomic E-state index is 11.7. The molecule has 0 atom stereocenters. The summed E-state index contributed by atoms with van der Waals surface area (Å²) in [6.45, 7) is 0. The number of nitrogens with two attached hydrogens (primary N) is 1. The van der Waals surface area contributed by atoms with Gasteiger partial charge in [0.05, 0.1) is 11.4 Å². The number of nitrogens with zero attached hydrogens (tertiary/aromatic N) is 4. The van der Waals surface area contributed by atoms with Crippen LogP contribution >= 0.6 is 0 Å². The van der Waals surface area contributed by atoms with Gasteiger partial charge in [-0.15, -0.1) is 0 Å². The Morgan fingerprint density at radius 3 is 2.62 bits per heavy atom. The molecule has 0 bridgehead atoms. The second kappa shape index (κ2) is 5.52. The van der Waals surface area contributed by atoms with Gasteiger partial charge in [0.2, 0.25) is 5.56 Å². The van der Waals surface area contributed by atoms with E-state index in [0.717, 1.165) is 12.8 Å². The van der Waals surface area contributed by atoms with E-state index in [-0.39, 0.29) is 11.6 Å². The maximum Gasteiger partial charge on any atom is 0.248 e. The fraction of sp³-hybridized carbons (Fsp3) is 0.158. The second-order valence-electron chi connectivity index (χ2n) is 6.52. The molecule has 0 spiro atoms. The summed E-state index contributed by atoms with van der Waals surface area (Å²) in [7, 11) is 0. The van der Waals surface area contributed by atoms with Crippen molar-refractivity contribution < 1.29 is 0 Å². The quantitative estimate of drug-likeness (QED) is 0.580. The Balaban J connectivity index is 1.71. The minimum atomic E-state index is -0.186. The standard InChI is InChI=1S/C19H16N6O/c20-18-16-17(13-5-6-21-15(26)9-13)24-25(19(16)23-10-22-18)14-7-11-3-1-2-4-12(11)8-14/h1-6,9-10,14H,7-8H2,(H,21,26)(H2,20,22,23). The van der Waals surface area contributed by atoms with Crippen LogP contribution in [0, 0.1) is 0 Å². The van der Waals surface area contributed by atoms with E-state index in [9.17, 15) is 4.79 Å². The summed E-state index contributed by atoms with van der Waals surface area (Å²) >= 11 is 0. The van der Waals surface area contributed by atoms with Gasteiger partial charge in [-0.2, -0.15) is 5.10 Å². The molecule has 0 aliphatic heterocycles. The summed E-state index contributed by atoms with van der Waals surface area (Å²) in [4.78, 5) is 22.9. The van der Waals surface area contributed by atoms with Crippen LogP contribution in [-0.4, -0.2) is 24.7 Å². The highest BCUT2D eigenvalue weighted by molar-refractivity contribution is 5.98. The molecule has 0 fully saturated rings. The summed E-state index contributed by atoms with van der Waals surface area (Å²) in [6.07, 6.45) is 4.85. The number of benzene rings is 1. The number of aromatic nitrogens is 5. The molecular weight excluding hydrogens is 328 g/mol. The zero-order chi connectivity index (χ0) is 17.7. The monoisotopic (exact) mass is 344 g/mol. The molecule has 3 N–H and O–H groups in total. The number of fused-ring (bicyclic) bond motifs is 2. The van der Waals surface area contributed by atoms with Gasteiger partial charge in [-0.3, -0.25) is 4.79 Å². The Morgan fingerprint density at radius 1 is 1.12 bits per heavy atom. The van der Waals surface area contributed by atoms with Crippen LogP contribution in [0.15, 0.2) is 53.7 Å². The minimum absolute atomic E-state index is 0.167. The van der Waals surface area contributed by atoms with E-state index >= 15 is 0 Å². The molecule has 3 aromatic heterocycles. The Hall–Kier alpha value is -3.48. The zero-order valence-electron chi connectivity index (χ0n) is 13.9. The van der Waals surface area contributed by atoms with Gasteiger partial charge in [0.25, 0.3) is 0 Å². The molecule has 4 aromatic rings. The normalized spacial score (nSPS) is 14.0. The number of hydrogen-bond donors (Lipinski definition) is 2. The molecule has 3 heterocycles. The Morgan fingerprint density at radius 2 is 1.88 bits per heavy atom. The number of anilines is 1. The number of rotatable bonds is 2. The van der Waals surface area contributed by atoms with Crippen molar-refractivity contribution in [2.24, 2.45) is 0 Å². The molecule has 0 amide bonds. The van der Waals surface area contributed by atoms with Crippen LogP contribution < -0.4 is 11.3 Å². The molecule has 5 rings (SSSR count). The van der Waals surface area contributed by atoms with E-state index < -0.39 is 0 Å². The minimum Gasteiger partial charge on any atom is -0.383 e. The van der Waals surface area contributed by atoms with Gasteiger partial charge in [-0.1, -0.05) is 24.3 Å². The third-order valence-corrected chi connectivity index (χ3v) is 4.94. The van der Waals surface area contributed by atoms with Gasteiger partial charge in [-0.05, 0) is 30.0 Å². The van der Waals surface area contributed by atoms with Gasteiger partial charge in [0.1, 0.15) is 17.8 Å². The number of nitrogens with one attached hydrogen (secondary N) is 1. The van der Waals surface area contributed by atoms with Gasteiger partial charge in [0, 0.05) is 17.8 Å². The molecule has 7 nitrogen and oxygen atoms in total. The topological polar surface area (TPSA) is 102 Å². The summed E-state index contributed by atoms with van der Waals surface area (Å²) in [6, 6.07) is 11.9. The van der Waals surface area contributed by atoms with E-state index in [2.05, 4.69) is 39.2 Å². The van der Waals surface area contributed by atoms with E-state index in [1.807, 2.05) is 10.7 Å². The zero-order valence-corrected chi connectivity index (χ0v) is 13.9. The molecule has 1 aliphatic carbocycles. The van der Waals surface area contributed by atoms with Crippen molar-refractivity contribution in [2.45, 2.75) is 18.9 Å². The van der Waals surface area contributed by atoms with E-state index in [0.29, 0.717) is 28.1 Å². The van der Waals surface area contributed by atoms with Crippen molar-refractivity contribution in [1.82, 2.24) is 24.7 Å². The van der Waals surface area contributed by atoms with E-state index in [4.69, 9.17) is 10.8 Å². The van der Waals surface area contributed by atoms with Gasteiger partial charge in [-0.25, -0.2) is 14.6 Å². The van der Waals surface area contributed by atoms with Crippen LogP contribution in [0.4, 0.5) is 5.82 Å². The fourth-order valence-corrected chi connectivity index (χ4v) is 3.75. The second-order valence-corrected chi connectivity index (χ2v) is 6.52. The van der Waals surface area contributed by atoms with Crippen molar-refractivity contribution in [3.05, 3.63) is 70.4 Å². The lowest BCUT2D eigenvalue weighted by atomic mass is 10.1. The third kappa shape index (κ3) is 2.21. The SMILES string of the molecule is Nc1ncnc2c1c(-c1cc[nH]c(=O)c1)nn2C1Cc2ccccc2C1. The van der Waals surface area contributed by atoms with E-state index in [1.54, 1.807) is 6.20 Å². The predicted molar refractivity (Wildman–Crippen MR) is 98.7 cm³/mol. The highest BCUT2D eigenvalue weighted by Gasteiger charge is 2.27. The van der Waals surface area contributed by atoms with Crippen molar-refractivity contribution in [3.8, 4) is 11.3 Å². The lowest BCUT2D eigenvalue weighted by Gasteiger charge is -2.10. The first-order chi connectivity index (χ1) is 12.7. The van der Waals surface area contributed by atoms with Gasteiger partial charge < -0.3 is 10.7 Å². The number of aromatic amines is 1. The van der Waals surface area contributed by atoms with Crippen LogP contribution in [0.25, 0.3) is 22.3 Å². The average molecular weight is 344 g/mol. The van der Waals surface area contributed by atoms with Crippen LogP contribution in [-0.2, 0) is 12.8 Å². The highest BCUT2D eigenvalue weighted by Crippen LogP contribution is 2.35. The summed E-state index contributed by atoms with van der Waals surface area (Å²) < 4.78 is 1.93. The molecule has 128 valence electrons. The van der Waals surface area contributed by atoms with Crippen molar-refractivity contribution in [3.63, 3.8) is 0 Å². The van der Waals surface area contributed by atoms with Crippen molar-refractivity contribution in [2.75, 3.05) is 5.73 Å². The third-order valence-electron chi connectivity index (χ3n) is 4.94. The molecule has 26 heavy (non-hydrogen) atoms. The highest BCUT2D eigenvalue weighted by atomic mass is 16.1. The molecule has 0 unspecified atom stereocenters. The first-order valence-corrected chi connectivity index (χ1v) is 8.45. The molecule has 1 aromatic carbocycles. The van der Waals surface area contributed by atoms with Gasteiger partial charge in [0.15, 0.2) is 5.65 Å². The molecular formula is C19H16N6O. The smallest absolute Gasteiger partial charge is 0.248 e. The maximum absolute atomic E-state index is 11.7. The lowest BCUT2D eigenvalue weighted by molar-refractivity contribution is 0.488. The predicted octanol–water partition coefficient (Wildman–Crippen LogP) is 2.10. The number of H-pyrrole nitrogens is 1. The molecule has 0 saturated heterocycles.